The topological polar surface area (TPSA) is 63.1 Å². The summed E-state index contributed by atoms with van der Waals surface area (Å²) in [4.78, 5) is 18.5. The van der Waals surface area contributed by atoms with Gasteiger partial charge in [0.25, 0.3) is 0 Å². The van der Waals surface area contributed by atoms with Gasteiger partial charge in [0.15, 0.2) is 0 Å². The van der Waals surface area contributed by atoms with Crippen LogP contribution in [0.2, 0.25) is 5.15 Å². The van der Waals surface area contributed by atoms with Crippen LogP contribution in [-0.4, -0.2) is 21.0 Å². The Hall–Kier alpha value is -1.94. The highest BCUT2D eigenvalue weighted by molar-refractivity contribution is 6.30. The maximum Gasteiger partial charge on any atom is 0.335 e. The number of benzene rings is 1. The van der Waals surface area contributed by atoms with E-state index in [0.717, 1.165) is 24.0 Å². The van der Waals surface area contributed by atoms with Crippen molar-refractivity contribution in [2.24, 2.45) is 0 Å². The summed E-state index contributed by atoms with van der Waals surface area (Å²) in [6.45, 7) is 0. The van der Waals surface area contributed by atoms with Crippen molar-refractivity contribution < 1.29 is 9.90 Å². The second kappa shape index (κ2) is 5.60. The Bertz CT molecular complexity index is 555. The van der Waals surface area contributed by atoms with Gasteiger partial charge in [-0.05, 0) is 30.5 Å². The van der Waals surface area contributed by atoms with Gasteiger partial charge in [-0.15, -0.1) is 0 Å². The van der Waals surface area contributed by atoms with Gasteiger partial charge in [0, 0.05) is 11.8 Å². The minimum atomic E-state index is -0.916. The molecule has 4 nitrogen and oxygen atoms in total. The average Bonchev–Trinajstić information content (AvgIpc) is 2.38. The average molecular weight is 263 g/mol. The number of carbonyl (C=O) groups is 1. The number of aromatic nitrogens is 2. The zero-order valence-electron chi connectivity index (χ0n) is 9.51. The van der Waals surface area contributed by atoms with Crippen LogP contribution in [0.3, 0.4) is 0 Å². The lowest BCUT2D eigenvalue weighted by atomic mass is 10.0. The summed E-state index contributed by atoms with van der Waals surface area (Å²) in [6, 6.07) is 6.81. The number of aryl methyl sites for hydroxylation is 2. The summed E-state index contributed by atoms with van der Waals surface area (Å²) >= 11 is 5.93. The van der Waals surface area contributed by atoms with E-state index in [0.29, 0.717) is 10.7 Å². The minimum Gasteiger partial charge on any atom is -0.478 e. The molecule has 0 spiro atoms. The van der Waals surface area contributed by atoms with Crippen LogP contribution in [0.1, 0.15) is 21.5 Å². The summed E-state index contributed by atoms with van der Waals surface area (Å²) in [5, 5.41) is 9.25. The highest BCUT2D eigenvalue weighted by Gasteiger charge is 2.04. The molecule has 2 aromatic rings. The molecule has 0 aliphatic carbocycles. The Kier molecular flexibility index (Phi) is 3.89. The third-order valence-corrected chi connectivity index (χ3v) is 2.96. The number of carboxylic acid groups (broad SMARTS) is 1. The number of rotatable bonds is 4. The Morgan fingerprint density at radius 3 is 2.56 bits per heavy atom. The van der Waals surface area contributed by atoms with Crippen molar-refractivity contribution in [1.29, 1.82) is 0 Å². The molecule has 2 rings (SSSR count). The monoisotopic (exact) mass is 262 g/mol. The SMILES string of the molecule is O=C(O)c1ccc(CCc2cncnc2Cl)cc1. The third-order valence-electron chi connectivity index (χ3n) is 2.62. The summed E-state index contributed by atoms with van der Waals surface area (Å²) in [6.07, 6.45) is 4.60. The van der Waals surface area contributed by atoms with Gasteiger partial charge in [-0.3, -0.25) is 0 Å². The van der Waals surface area contributed by atoms with Crippen molar-refractivity contribution in [1.82, 2.24) is 9.97 Å². The first-order chi connectivity index (χ1) is 8.66. The van der Waals surface area contributed by atoms with E-state index in [4.69, 9.17) is 16.7 Å². The molecule has 0 aliphatic rings. The molecule has 0 atom stereocenters. The van der Waals surface area contributed by atoms with Crippen LogP contribution in [0.5, 0.6) is 0 Å². The number of nitrogens with zero attached hydrogens (tertiary/aromatic N) is 2. The van der Waals surface area contributed by atoms with Gasteiger partial charge in [-0.1, -0.05) is 23.7 Å². The molecule has 0 radical (unpaired) electrons. The first-order valence-electron chi connectivity index (χ1n) is 5.43. The fraction of sp³-hybridized carbons (Fsp3) is 0.154. The normalized spacial score (nSPS) is 10.3. The molecule has 1 aromatic carbocycles. The molecular formula is C13H11ClN2O2. The number of hydrogen-bond acceptors (Lipinski definition) is 3. The van der Waals surface area contributed by atoms with Gasteiger partial charge in [0.05, 0.1) is 5.56 Å². The van der Waals surface area contributed by atoms with E-state index in [1.54, 1.807) is 30.5 Å². The molecule has 18 heavy (non-hydrogen) atoms. The van der Waals surface area contributed by atoms with Crippen molar-refractivity contribution in [2.75, 3.05) is 0 Å². The zero-order valence-corrected chi connectivity index (χ0v) is 10.3. The van der Waals surface area contributed by atoms with Crippen LogP contribution in [0.15, 0.2) is 36.8 Å². The molecule has 0 saturated carbocycles. The fourth-order valence-corrected chi connectivity index (χ4v) is 1.79. The number of carboxylic acids is 1. The van der Waals surface area contributed by atoms with Crippen LogP contribution < -0.4 is 0 Å². The van der Waals surface area contributed by atoms with Gasteiger partial charge < -0.3 is 5.11 Å². The lowest BCUT2D eigenvalue weighted by Crippen LogP contribution is -1.98. The Morgan fingerprint density at radius 2 is 1.94 bits per heavy atom. The highest BCUT2D eigenvalue weighted by atomic mass is 35.5. The predicted octanol–water partition coefficient (Wildman–Crippen LogP) is 2.61. The van der Waals surface area contributed by atoms with Gasteiger partial charge in [-0.25, -0.2) is 14.8 Å². The lowest BCUT2D eigenvalue weighted by molar-refractivity contribution is 0.0697. The zero-order chi connectivity index (χ0) is 13.0. The summed E-state index contributed by atoms with van der Waals surface area (Å²) in [5.74, 6) is -0.916. The molecule has 0 bridgehead atoms. The van der Waals surface area contributed by atoms with Gasteiger partial charge >= 0.3 is 5.97 Å². The van der Waals surface area contributed by atoms with Gasteiger partial charge in [-0.2, -0.15) is 0 Å². The van der Waals surface area contributed by atoms with E-state index in [2.05, 4.69) is 9.97 Å². The summed E-state index contributed by atoms with van der Waals surface area (Å²) in [7, 11) is 0. The Balaban J connectivity index is 2.02. The molecule has 92 valence electrons. The molecule has 1 aromatic heterocycles. The molecule has 1 N–H and O–H groups in total. The summed E-state index contributed by atoms with van der Waals surface area (Å²) < 4.78 is 0. The maximum atomic E-state index is 10.7. The first-order valence-corrected chi connectivity index (χ1v) is 5.81. The summed E-state index contributed by atoms with van der Waals surface area (Å²) in [5.41, 5.74) is 2.24. The van der Waals surface area contributed by atoms with E-state index in [1.165, 1.54) is 6.33 Å². The quantitative estimate of drug-likeness (QED) is 0.861. The van der Waals surface area contributed by atoms with E-state index < -0.39 is 5.97 Å². The van der Waals surface area contributed by atoms with Crippen LogP contribution in [-0.2, 0) is 12.8 Å². The second-order valence-corrected chi connectivity index (χ2v) is 4.20. The number of hydrogen-bond donors (Lipinski definition) is 1. The molecule has 0 saturated heterocycles. The second-order valence-electron chi connectivity index (χ2n) is 3.84. The van der Waals surface area contributed by atoms with E-state index in [9.17, 15) is 4.79 Å². The number of halogens is 1. The Labute approximate surface area is 109 Å². The van der Waals surface area contributed by atoms with E-state index in [-0.39, 0.29) is 0 Å². The number of aromatic carboxylic acids is 1. The van der Waals surface area contributed by atoms with Crippen molar-refractivity contribution in [3.05, 3.63) is 58.6 Å². The van der Waals surface area contributed by atoms with Crippen molar-refractivity contribution in [3.8, 4) is 0 Å². The smallest absolute Gasteiger partial charge is 0.335 e. The predicted molar refractivity (Wildman–Crippen MR) is 67.9 cm³/mol. The molecule has 0 fully saturated rings. The largest absolute Gasteiger partial charge is 0.478 e. The van der Waals surface area contributed by atoms with Crippen LogP contribution >= 0.6 is 11.6 Å². The molecule has 1 heterocycles. The van der Waals surface area contributed by atoms with Crippen molar-refractivity contribution >= 4 is 17.6 Å². The van der Waals surface area contributed by atoms with Crippen LogP contribution in [0.25, 0.3) is 0 Å². The van der Waals surface area contributed by atoms with Crippen LogP contribution in [0.4, 0.5) is 0 Å². The minimum absolute atomic E-state index is 0.292. The van der Waals surface area contributed by atoms with Crippen molar-refractivity contribution in [2.45, 2.75) is 12.8 Å². The van der Waals surface area contributed by atoms with Gasteiger partial charge in [0.2, 0.25) is 0 Å². The molecule has 0 unspecified atom stereocenters. The molecule has 0 amide bonds. The maximum absolute atomic E-state index is 10.7. The van der Waals surface area contributed by atoms with E-state index in [1.807, 2.05) is 0 Å². The van der Waals surface area contributed by atoms with Gasteiger partial charge in [0.1, 0.15) is 11.5 Å². The fourth-order valence-electron chi connectivity index (χ4n) is 1.60. The third kappa shape index (κ3) is 3.05. The Morgan fingerprint density at radius 1 is 1.22 bits per heavy atom. The first kappa shape index (κ1) is 12.5. The van der Waals surface area contributed by atoms with Crippen molar-refractivity contribution in [3.63, 3.8) is 0 Å². The highest BCUT2D eigenvalue weighted by Crippen LogP contribution is 2.14. The molecule has 5 heteroatoms. The lowest BCUT2D eigenvalue weighted by Gasteiger charge is -2.03. The standard InChI is InChI=1S/C13H11ClN2O2/c14-12-11(7-15-8-16-12)6-3-9-1-4-10(5-2-9)13(17)18/h1-2,4-5,7-8H,3,6H2,(H,17,18). The van der Waals surface area contributed by atoms with Crippen LogP contribution in [0, 0.1) is 0 Å². The molecule has 0 aliphatic heterocycles. The van der Waals surface area contributed by atoms with E-state index >= 15 is 0 Å². The molecular weight excluding hydrogens is 252 g/mol.